The van der Waals surface area contributed by atoms with E-state index >= 15 is 0 Å². The molecule has 1 N–H and O–H groups in total. The van der Waals surface area contributed by atoms with Crippen molar-refractivity contribution in [2.24, 2.45) is 0 Å². The second kappa shape index (κ2) is 4.06. The Hall–Kier alpha value is -0.340. The second-order valence-corrected chi connectivity index (χ2v) is 3.65. The lowest BCUT2D eigenvalue weighted by Gasteiger charge is -2.24. The molecule has 2 heteroatoms. The van der Waals surface area contributed by atoms with E-state index in [0.29, 0.717) is 6.10 Å². The molecule has 1 aliphatic carbocycles. The summed E-state index contributed by atoms with van der Waals surface area (Å²) in [5.41, 5.74) is 0. The first-order valence-corrected chi connectivity index (χ1v) is 5.01. The Kier molecular flexibility index (Phi) is 2.79. The summed E-state index contributed by atoms with van der Waals surface area (Å²) in [7, 11) is 0. The van der Waals surface area contributed by atoms with Crippen LogP contribution in [0.4, 0.5) is 0 Å². The third-order valence-electron chi connectivity index (χ3n) is 2.64. The molecule has 0 spiro atoms. The smallest absolute Gasteiger partial charge is 0.127 e. The van der Waals surface area contributed by atoms with Crippen LogP contribution in [0.1, 0.15) is 32.1 Å². The molecular weight excluding hydrogens is 150 g/mol. The number of ether oxygens (including phenoxy) is 1. The molecule has 0 radical (unpaired) electrons. The van der Waals surface area contributed by atoms with Gasteiger partial charge in [0, 0.05) is 6.54 Å². The Morgan fingerprint density at radius 3 is 2.67 bits per heavy atom. The van der Waals surface area contributed by atoms with Crippen molar-refractivity contribution in [3.05, 3.63) is 12.2 Å². The van der Waals surface area contributed by atoms with Crippen molar-refractivity contribution in [1.29, 1.82) is 0 Å². The zero-order chi connectivity index (χ0) is 8.23. The largest absolute Gasteiger partial charge is 0.356 e. The van der Waals surface area contributed by atoms with E-state index in [1.807, 2.05) is 0 Å². The van der Waals surface area contributed by atoms with E-state index in [-0.39, 0.29) is 6.23 Å². The molecule has 68 valence electrons. The van der Waals surface area contributed by atoms with Gasteiger partial charge < -0.3 is 4.74 Å². The van der Waals surface area contributed by atoms with Crippen LogP contribution >= 0.6 is 0 Å². The Labute approximate surface area is 74.0 Å². The topological polar surface area (TPSA) is 21.3 Å². The van der Waals surface area contributed by atoms with Gasteiger partial charge in [-0.1, -0.05) is 25.3 Å². The molecule has 2 rings (SSSR count). The van der Waals surface area contributed by atoms with Crippen LogP contribution in [0.3, 0.4) is 0 Å². The Bertz CT molecular complexity index is 161. The molecule has 2 aliphatic rings. The second-order valence-electron chi connectivity index (χ2n) is 3.65. The normalized spacial score (nSPS) is 31.2. The van der Waals surface area contributed by atoms with Crippen molar-refractivity contribution in [3.63, 3.8) is 0 Å². The zero-order valence-electron chi connectivity index (χ0n) is 7.46. The fourth-order valence-corrected chi connectivity index (χ4v) is 1.95. The number of nitrogens with one attached hydrogen (secondary N) is 1. The number of rotatable bonds is 2. The highest BCUT2D eigenvalue weighted by atomic mass is 16.5. The van der Waals surface area contributed by atoms with Crippen molar-refractivity contribution < 1.29 is 4.74 Å². The minimum Gasteiger partial charge on any atom is -0.356 e. The SMILES string of the molecule is C1=CC(OC2CCCCC2)NC1. The van der Waals surface area contributed by atoms with Crippen molar-refractivity contribution in [2.45, 2.75) is 44.4 Å². The van der Waals surface area contributed by atoms with Crippen molar-refractivity contribution >= 4 is 0 Å². The van der Waals surface area contributed by atoms with E-state index < -0.39 is 0 Å². The van der Waals surface area contributed by atoms with Crippen molar-refractivity contribution in [3.8, 4) is 0 Å². The molecule has 2 nitrogen and oxygen atoms in total. The summed E-state index contributed by atoms with van der Waals surface area (Å²) in [5, 5.41) is 3.27. The Morgan fingerprint density at radius 2 is 2.00 bits per heavy atom. The molecule has 0 aromatic carbocycles. The van der Waals surface area contributed by atoms with Gasteiger partial charge >= 0.3 is 0 Å². The van der Waals surface area contributed by atoms with Crippen LogP contribution in [0, 0.1) is 0 Å². The fourth-order valence-electron chi connectivity index (χ4n) is 1.95. The Balaban J connectivity index is 1.73. The first-order chi connectivity index (χ1) is 5.95. The minimum atomic E-state index is 0.202. The van der Waals surface area contributed by atoms with E-state index in [1.54, 1.807) is 0 Å². The van der Waals surface area contributed by atoms with Gasteiger partial charge in [-0.05, 0) is 18.9 Å². The molecule has 1 saturated carbocycles. The summed E-state index contributed by atoms with van der Waals surface area (Å²) in [4.78, 5) is 0. The lowest BCUT2D eigenvalue weighted by molar-refractivity contribution is -0.0168. The zero-order valence-corrected chi connectivity index (χ0v) is 7.46. The number of hydrogen-bond acceptors (Lipinski definition) is 2. The van der Waals surface area contributed by atoms with Gasteiger partial charge in [-0.2, -0.15) is 0 Å². The standard InChI is InChI=1S/C10H17NO/c1-2-5-9(6-3-1)12-10-7-4-8-11-10/h4,7,9-11H,1-3,5-6,8H2. The highest BCUT2D eigenvalue weighted by Gasteiger charge is 2.18. The van der Waals surface area contributed by atoms with Gasteiger partial charge in [-0.3, -0.25) is 5.32 Å². The molecule has 1 fully saturated rings. The summed E-state index contributed by atoms with van der Waals surface area (Å²) < 4.78 is 5.85. The monoisotopic (exact) mass is 167 g/mol. The van der Waals surface area contributed by atoms with E-state index in [4.69, 9.17) is 4.74 Å². The van der Waals surface area contributed by atoms with Gasteiger partial charge in [0.25, 0.3) is 0 Å². The molecular formula is C10H17NO. The van der Waals surface area contributed by atoms with Crippen LogP contribution in [0.5, 0.6) is 0 Å². The predicted molar refractivity (Wildman–Crippen MR) is 48.9 cm³/mol. The summed E-state index contributed by atoms with van der Waals surface area (Å²) in [6, 6.07) is 0. The average Bonchev–Trinajstić information content (AvgIpc) is 2.59. The molecule has 12 heavy (non-hydrogen) atoms. The maximum absolute atomic E-state index is 5.85. The van der Waals surface area contributed by atoms with E-state index in [1.165, 1.54) is 32.1 Å². The third-order valence-corrected chi connectivity index (χ3v) is 2.64. The molecule has 0 aromatic rings. The molecule has 1 unspecified atom stereocenters. The summed E-state index contributed by atoms with van der Waals surface area (Å²) in [6.45, 7) is 0.970. The van der Waals surface area contributed by atoms with E-state index in [0.717, 1.165) is 6.54 Å². The predicted octanol–water partition coefficient (Wildman–Crippen LogP) is 1.82. The number of hydrogen-bond donors (Lipinski definition) is 1. The van der Waals surface area contributed by atoms with Crippen LogP contribution in [-0.2, 0) is 4.74 Å². The lowest BCUT2D eigenvalue weighted by Crippen LogP contribution is -2.31. The Morgan fingerprint density at radius 1 is 1.17 bits per heavy atom. The van der Waals surface area contributed by atoms with E-state index in [2.05, 4.69) is 17.5 Å². The maximum Gasteiger partial charge on any atom is 0.127 e. The average molecular weight is 167 g/mol. The fraction of sp³-hybridized carbons (Fsp3) is 0.800. The van der Waals surface area contributed by atoms with Gasteiger partial charge in [-0.15, -0.1) is 0 Å². The maximum atomic E-state index is 5.85. The van der Waals surface area contributed by atoms with Crippen molar-refractivity contribution in [1.82, 2.24) is 5.32 Å². The summed E-state index contributed by atoms with van der Waals surface area (Å²) >= 11 is 0. The van der Waals surface area contributed by atoms with Gasteiger partial charge in [0.15, 0.2) is 0 Å². The quantitative estimate of drug-likeness (QED) is 0.633. The van der Waals surface area contributed by atoms with Crippen LogP contribution < -0.4 is 5.32 Å². The van der Waals surface area contributed by atoms with Gasteiger partial charge in [0.05, 0.1) is 6.10 Å². The van der Waals surface area contributed by atoms with Gasteiger partial charge in [-0.25, -0.2) is 0 Å². The van der Waals surface area contributed by atoms with E-state index in [9.17, 15) is 0 Å². The first-order valence-electron chi connectivity index (χ1n) is 5.01. The van der Waals surface area contributed by atoms with Crippen molar-refractivity contribution in [2.75, 3.05) is 6.54 Å². The molecule has 0 saturated heterocycles. The molecule has 0 amide bonds. The minimum absolute atomic E-state index is 0.202. The summed E-state index contributed by atoms with van der Waals surface area (Å²) in [6.07, 6.45) is 11.6. The van der Waals surface area contributed by atoms with Crippen LogP contribution in [0.25, 0.3) is 0 Å². The third kappa shape index (κ3) is 2.08. The van der Waals surface area contributed by atoms with Crippen LogP contribution in [-0.4, -0.2) is 18.9 Å². The summed E-state index contributed by atoms with van der Waals surface area (Å²) in [5.74, 6) is 0. The highest BCUT2D eigenvalue weighted by molar-refractivity contribution is 4.97. The molecule has 1 atom stereocenters. The highest BCUT2D eigenvalue weighted by Crippen LogP contribution is 2.21. The molecule has 0 bridgehead atoms. The molecule has 0 aromatic heterocycles. The molecule has 1 aliphatic heterocycles. The van der Waals surface area contributed by atoms with Crippen LogP contribution in [0.15, 0.2) is 12.2 Å². The van der Waals surface area contributed by atoms with Gasteiger partial charge in [0.1, 0.15) is 6.23 Å². The first kappa shape index (κ1) is 8.27. The van der Waals surface area contributed by atoms with Gasteiger partial charge in [0.2, 0.25) is 0 Å². The molecule has 1 heterocycles. The van der Waals surface area contributed by atoms with Crippen LogP contribution in [0.2, 0.25) is 0 Å². The lowest BCUT2D eigenvalue weighted by atomic mass is 9.98.